The van der Waals surface area contributed by atoms with Crippen LogP contribution in [-0.4, -0.2) is 41.1 Å². The molecule has 2 aromatic carbocycles. The highest BCUT2D eigenvalue weighted by Crippen LogP contribution is 2.31. The number of benzene rings is 2. The van der Waals surface area contributed by atoms with Crippen molar-refractivity contribution in [2.45, 2.75) is 5.60 Å². The van der Waals surface area contributed by atoms with Gasteiger partial charge in [-0.25, -0.2) is 13.2 Å². The van der Waals surface area contributed by atoms with Gasteiger partial charge in [0.05, 0.1) is 30.0 Å². The quantitative estimate of drug-likeness (QED) is 0.265. The molecule has 2 aromatic rings. The Kier molecular flexibility index (Phi) is 6.81. The summed E-state index contributed by atoms with van der Waals surface area (Å²) in [6, 6.07) is 6.00. The number of nitrogens with zero attached hydrogens (tertiary/aromatic N) is 1. The largest absolute Gasteiger partial charge is 0.761 e. The number of anilines is 2. The average Bonchev–Trinajstić information content (AvgIpc) is 2.69. The summed E-state index contributed by atoms with van der Waals surface area (Å²) in [5.74, 6) is -3.91. The lowest BCUT2D eigenvalue weighted by Crippen LogP contribution is -2.67. The van der Waals surface area contributed by atoms with Crippen molar-refractivity contribution in [3.8, 4) is 0 Å². The molecular weight excluding hydrogens is 530 g/mol. The van der Waals surface area contributed by atoms with E-state index in [1.807, 2.05) is 22.6 Å². The fourth-order valence-electron chi connectivity index (χ4n) is 3.05. The SMILES string of the molecule is N/C(=C\N[O-])NCC1(O)CN(C(=O)c2ccc(F)c(F)c2Nc2ccc(I)cc2F)C1. The van der Waals surface area contributed by atoms with Crippen LogP contribution in [-0.2, 0) is 0 Å². The third-order valence-corrected chi connectivity index (χ3v) is 5.28. The third-order valence-electron chi connectivity index (χ3n) is 4.61. The molecule has 12 heteroatoms. The zero-order valence-electron chi connectivity index (χ0n) is 15.9. The van der Waals surface area contributed by atoms with Gasteiger partial charge < -0.3 is 37.1 Å². The van der Waals surface area contributed by atoms with E-state index in [-0.39, 0.29) is 36.7 Å². The number of likely N-dealkylation sites (tertiary alicyclic amines) is 1. The number of carbonyl (C=O) groups excluding carboxylic acids is 1. The second kappa shape index (κ2) is 9.20. The maximum atomic E-state index is 14.5. The molecule has 6 N–H and O–H groups in total. The average molecular weight is 548 g/mol. The lowest BCUT2D eigenvalue weighted by molar-refractivity contribution is -0.0773. The Hall–Kier alpha value is -2.71. The van der Waals surface area contributed by atoms with Crippen LogP contribution in [0.5, 0.6) is 0 Å². The Morgan fingerprint density at radius 2 is 1.97 bits per heavy atom. The van der Waals surface area contributed by atoms with Crippen molar-refractivity contribution >= 4 is 39.9 Å². The number of halogens is 4. The maximum absolute atomic E-state index is 14.5. The van der Waals surface area contributed by atoms with E-state index < -0.39 is 34.6 Å². The predicted molar refractivity (Wildman–Crippen MR) is 116 cm³/mol. The van der Waals surface area contributed by atoms with E-state index in [0.29, 0.717) is 3.57 Å². The van der Waals surface area contributed by atoms with E-state index >= 15 is 0 Å². The molecule has 1 heterocycles. The van der Waals surface area contributed by atoms with Crippen LogP contribution in [0.25, 0.3) is 0 Å². The molecule has 0 unspecified atom stereocenters. The Bertz CT molecular complexity index is 1030. The molecule has 0 radical (unpaired) electrons. The summed E-state index contributed by atoms with van der Waals surface area (Å²) in [6.07, 6.45) is 0.952. The van der Waals surface area contributed by atoms with Crippen LogP contribution < -0.4 is 21.8 Å². The zero-order valence-corrected chi connectivity index (χ0v) is 18.0. The van der Waals surface area contributed by atoms with Crippen LogP contribution >= 0.6 is 22.6 Å². The molecule has 1 aliphatic rings. The number of aliphatic hydroxyl groups is 1. The highest BCUT2D eigenvalue weighted by atomic mass is 127. The molecule has 0 bridgehead atoms. The van der Waals surface area contributed by atoms with E-state index in [9.17, 15) is 28.3 Å². The Morgan fingerprint density at radius 3 is 2.61 bits per heavy atom. The molecular formula is C19H18F3IN5O3-. The van der Waals surface area contributed by atoms with Gasteiger partial charge in [0.2, 0.25) is 0 Å². The molecule has 0 atom stereocenters. The predicted octanol–water partition coefficient (Wildman–Crippen LogP) is 2.07. The molecule has 0 aliphatic carbocycles. The Morgan fingerprint density at radius 1 is 1.26 bits per heavy atom. The third kappa shape index (κ3) is 5.14. The van der Waals surface area contributed by atoms with Gasteiger partial charge in [0, 0.05) is 16.3 Å². The fourth-order valence-corrected chi connectivity index (χ4v) is 3.50. The van der Waals surface area contributed by atoms with Crippen molar-refractivity contribution in [2.75, 3.05) is 25.0 Å². The van der Waals surface area contributed by atoms with Crippen molar-refractivity contribution in [3.63, 3.8) is 0 Å². The first kappa shape index (κ1) is 23.0. The second-order valence-electron chi connectivity index (χ2n) is 6.99. The first-order valence-electron chi connectivity index (χ1n) is 8.92. The first-order chi connectivity index (χ1) is 14.6. The monoisotopic (exact) mass is 548 g/mol. The highest BCUT2D eigenvalue weighted by Gasteiger charge is 2.44. The van der Waals surface area contributed by atoms with Gasteiger partial charge >= 0.3 is 0 Å². The number of β-amino-alcohol motifs (C(OH)–C–C–N with tert-alkyl or cyclic N) is 1. The lowest BCUT2D eigenvalue weighted by Gasteiger charge is -2.46. The molecule has 1 fully saturated rings. The van der Waals surface area contributed by atoms with Crippen LogP contribution in [0.4, 0.5) is 24.5 Å². The zero-order chi connectivity index (χ0) is 22.8. The lowest BCUT2D eigenvalue weighted by atomic mass is 9.92. The number of hydrogen-bond acceptors (Lipinski definition) is 7. The van der Waals surface area contributed by atoms with Crippen molar-refractivity contribution in [1.82, 2.24) is 15.7 Å². The molecule has 0 spiro atoms. The summed E-state index contributed by atoms with van der Waals surface area (Å²) in [5.41, 5.74) is 4.78. The van der Waals surface area contributed by atoms with Crippen molar-refractivity contribution in [2.24, 2.45) is 5.73 Å². The van der Waals surface area contributed by atoms with Gasteiger partial charge in [0.25, 0.3) is 5.91 Å². The minimum atomic E-state index is -1.33. The summed E-state index contributed by atoms with van der Waals surface area (Å²) >= 11 is 1.90. The normalized spacial score (nSPS) is 15.3. The van der Waals surface area contributed by atoms with Crippen molar-refractivity contribution < 1.29 is 23.1 Å². The molecule has 1 amide bonds. The smallest absolute Gasteiger partial charge is 0.256 e. The topological polar surface area (TPSA) is 126 Å². The van der Waals surface area contributed by atoms with Gasteiger partial charge in [0.15, 0.2) is 11.6 Å². The van der Waals surface area contributed by atoms with Crippen molar-refractivity contribution in [1.29, 1.82) is 0 Å². The molecule has 1 saturated heterocycles. The van der Waals surface area contributed by atoms with Crippen LogP contribution in [0, 0.1) is 26.2 Å². The van der Waals surface area contributed by atoms with Crippen molar-refractivity contribution in [3.05, 3.63) is 74.1 Å². The highest BCUT2D eigenvalue weighted by molar-refractivity contribution is 14.1. The van der Waals surface area contributed by atoms with Crippen LogP contribution in [0.15, 0.2) is 42.4 Å². The van der Waals surface area contributed by atoms with Gasteiger partial charge in [-0.15, -0.1) is 0 Å². The number of nitrogens with two attached hydrogens (primary N) is 1. The maximum Gasteiger partial charge on any atom is 0.256 e. The van der Waals surface area contributed by atoms with Crippen LogP contribution in [0.3, 0.4) is 0 Å². The van der Waals surface area contributed by atoms with Crippen LogP contribution in [0.2, 0.25) is 0 Å². The first-order valence-corrected chi connectivity index (χ1v) is 10.0. The Labute approximate surface area is 189 Å². The van der Waals surface area contributed by atoms with Gasteiger partial charge in [0.1, 0.15) is 17.2 Å². The molecule has 31 heavy (non-hydrogen) atoms. The molecule has 3 rings (SSSR count). The van der Waals surface area contributed by atoms with E-state index in [1.165, 1.54) is 22.5 Å². The molecule has 8 nitrogen and oxygen atoms in total. The molecule has 1 aliphatic heterocycles. The number of nitrogens with one attached hydrogen (secondary N) is 3. The number of carbonyl (C=O) groups is 1. The number of hydrogen-bond donors (Lipinski definition) is 5. The standard InChI is InChI=1S/C19H18F3IN5O3/c20-12-3-2-11(17(16(12)22)27-14-4-1-10(23)5-13(14)21)18(29)28-8-19(30,9-28)7-25-15(24)6-26-31/h1-6,25-27,30H,7-9,24H2/q-1/b15-6+. The molecule has 0 aromatic heterocycles. The minimum absolute atomic E-state index is 0.000146. The fraction of sp³-hybridized carbons (Fsp3) is 0.211. The summed E-state index contributed by atoms with van der Waals surface area (Å²) in [7, 11) is 0. The van der Waals surface area contributed by atoms with Gasteiger partial charge in [-0.3, -0.25) is 4.79 Å². The summed E-state index contributed by atoms with van der Waals surface area (Å²) < 4.78 is 43.1. The van der Waals surface area contributed by atoms with E-state index in [0.717, 1.165) is 18.3 Å². The van der Waals surface area contributed by atoms with Gasteiger partial charge in [-0.1, -0.05) is 0 Å². The number of amides is 1. The number of hydroxylamine groups is 1. The van der Waals surface area contributed by atoms with E-state index in [2.05, 4.69) is 10.6 Å². The van der Waals surface area contributed by atoms with E-state index in [4.69, 9.17) is 5.73 Å². The van der Waals surface area contributed by atoms with Gasteiger partial charge in [-0.2, -0.15) is 0 Å². The molecule has 0 saturated carbocycles. The van der Waals surface area contributed by atoms with Gasteiger partial charge in [-0.05, 0) is 52.9 Å². The Balaban J connectivity index is 1.78. The summed E-state index contributed by atoms with van der Waals surface area (Å²) in [5, 5.41) is 25.8. The number of rotatable bonds is 7. The summed E-state index contributed by atoms with van der Waals surface area (Å²) in [6.45, 7) is -0.280. The second-order valence-corrected chi connectivity index (χ2v) is 8.24. The molecule has 166 valence electrons. The van der Waals surface area contributed by atoms with E-state index in [1.54, 1.807) is 6.07 Å². The van der Waals surface area contributed by atoms with Crippen LogP contribution in [0.1, 0.15) is 10.4 Å². The summed E-state index contributed by atoms with van der Waals surface area (Å²) in [4.78, 5) is 14.1. The minimum Gasteiger partial charge on any atom is -0.761 e.